The summed E-state index contributed by atoms with van der Waals surface area (Å²) < 4.78 is 16.7. The SMILES string of the molecule is CCNC(=NCCCOCC1CCOCC1)NC1CCCN(C(=O)OC(C)(C)C)C1. The predicted molar refractivity (Wildman–Crippen MR) is 119 cm³/mol. The fourth-order valence-electron chi connectivity index (χ4n) is 3.62. The molecule has 1 unspecified atom stereocenters. The Labute approximate surface area is 182 Å². The molecule has 0 spiro atoms. The third-order valence-electron chi connectivity index (χ3n) is 5.17. The van der Waals surface area contributed by atoms with Gasteiger partial charge in [0, 0.05) is 58.6 Å². The van der Waals surface area contributed by atoms with Crippen LogP contribution in [0, 0.1) is 5.92 Å². The van der Waals surface area contributed by atoms with Crippen LogP contribution in [0.1, 0.15) is 59.8 Å². The number of carbonyl (C=O) groups excluding carboxylic acids is 1. The summed E-state index contributed by atoms with van der Waals surface area (Å²) in [5, 5.41) is 6.79. The predicted octanol–water partition coefficient (Wildman–Crippen LogP) is 2.77. The van der Waals surface area contributed by atoms with E-state index in [1.165, 1.54) is 0 Å². The van der Waals surface area contributed by atoms with Gasteiger partial charge in [-0.15, -0.1) is 0 Å². The number of nitrogens with zero attached hydrogens (tertiary/aromatic N) is 2. The summed E-state index contributed by atoms with van der Waals surface area (Å²) in [6.07, 6.45) is 4.84. The van der Waals surface area contributed by atoms with Gasteiger partial charge in [0.05, 0.1) is 0 Å². The maximum absolute atomic E-state index is 12.4. The Morgan fingerprint density at radius 3 is 2.70 bits per heavy atom. The highest BCUT2D eigenvalue weighted by Gasteiger charge is 2.28. The number of ether oxygens (including phenoxy) is 3. The van der Waals surface area contributed by atoms with Gasteiger partial charge in [0.25, 0.3) is 0 Å². The standard InChI is InChI=1S/C22H42N4O4/c1-5-23-20(24-11-7-13-29-17-18-9-14-28-15-10-18)25-19-8-6-12-26(16-19)21(27)30-22(2,3)4/h18-19H,5-17H2,1-4H3,(H2,23,24,25). The molecule has 0 aromatic rings. The minimum atomic E-state index is -0.472. The molecule has 0 aromatic heterocycles. The van der Waals surface area contributed by atoms with Crippen molar-refractivity contribution in [1.29, 1.82) is 0 Å². The van der Waals surface area contributed by atoms with E-state index in [0.717, 1.165) is 77.6 Å². The Balaban J connectivity index is 1.70. The zero-order valence-corrected chi connectivity index (χ0v) is 19.4. The van der Waals surface area contributed by atoms with Crippen molar-refractivity contribution in [2.45, 2.75) is 71.4 Å². The van der Waals surface area contributed by atoms with Crippen LogP contribution in [0.3, 0.4) is 0 Å². The molecular formula is C22H42N4O4. The number of carbonyl (C=O) groups is 1. The van der Waals surface area contributed by atoms with E-state index in [1.54, 1.807) is 4.90 Å². The first-order chi connectivity index (χ1) is 14.4. The third-order valence-corrected chi connectivity index (χ3v) is 5.17. The molecular weight excluding hydrogens is 384 g/mol. The molecule has 0 radical (unpaired) electrons. The Kier molecular flexibility index (Phi) is 10.7. The lowest BCUT2D eigenvalue weighted by Gasteiger charge is -2.35. The van der Waals surface area contributed by atoms with Crippen molar-refractivity contribution in [2.75, 3.05) is 52.6 Å². The summed E-state index contributed by atoms with van der Waals surface area (Å²) in [4.78, 5) is 18.8. The molecule has 2 aliphatic rings. The molecule has 1 amide bonds. The molecule has 174 valence electrons. The summed E-state index contributed by atoms with van der Waals surface area (Å²) in [6.45, 7) is 13.9. The molecule has 1 atom stereocenters. The molecule has 2 aliphatic heterocycles. The van der Waals surface area contributed by atoms with Gasteiger partial charge in [0.2, 0.25) is 0 Å². The van der Waals surface area contributed by atoms with E-state index < -0.39 is 5.60 Å². The Morgan fingerprint density at radius 2 is 2.00 bits per heavy atom. The molecule has 2 fully saturated rings. The zero-order valence-electron chi connectivity index (χ0n) is 19.4. The lowest BCUT2D eigenvalue weighted by atomic mass is 10.0. The van der Waals surface area contributed by atoms with Crippen LogP contribution in [0.5, 0.6) is 0 Å². The van der Waals surface area contributed by atoms with Gasteiger partial charge in [0.1, 0.15) is 5.60 Å². The van der Waals surface area contributed by atoms with Crippen LogP contribution in [0.4, 0.5) is 4.79 Å². The monoisotopic (exact) mass is 426 g/mol. The van der Waals surface area contributed by atoms with Crippen LogP contribution >= 0.6 is 0 Å². The first kappa shape index (κ1) is 24.7. The van der Waals surface area contributed by atoms with E-state index in [9.17, 15) is 4.79 Å². The fourth-order valence-corrected chi connectivity index (χ4v) is 3.62. The van der Waals surface area contributed by atoms with E-state index in [-0.39, 0.29) is 12.1 Å². The van der Waals surface area contributed by atoms with Crippen molar-refractivity contribution in [3.63, 3.8) is 0 Å². The highest BCUT2D eigenvalue weighted by Crippen LogP contribution is 2.16. The molecule has 0 aromatic carbocycles. The molecule has 0 aliphatic carbocycles. The molecule has 8 nitrogen and oxygen atoms in total. The van der Waals surface area contributed by atoms with Gasteiger partial charge in [-0.25, -0.2) is 4.79 Å². The maximum atomic E-state index is 12.4. The second-order valence-electron chi connectivity index (χ2n) is 9.15. The molecule has 2 saturated heterocycles. The average molecular weight is 427 g/mol. The number of hydrogen-bond donors (Lipinski definition) is 2. The summed E-state index contributed by atoms with van der Waals surface area (Å²) >= 11 is 0. The normalized spacial score (nSPS) is 21.4. The second kappa shape index (κ2) is 13.0. The van der Waals surface area contributed by atoms with Crippen molar-refractivity contribution in [1.82, 2.24) is 15.5 Å². The smallest absolute Gasteiger partial charge is 0.410 e. The molecule has 2 heterocycles. The first-order valence-electron chi connectivity index (χ1n) is 11.6. The Hall–Kier alpha value is -1.54. The fraction of sp³-hybridized carbons (Fsp3) is 0.909. The number of likely N-dealkylation sites (tertiary alicyclic amines) is 1. The van der Waals surface area contributed by atoms with Gasteiger partial charge in [-0.3, -0.25) is 4.99 Å². The zero-order chi connectivity index (χ0) is 21.8. The van der Waals surface area contributed by atoms with Crippen molar-refractivity contribution in [2.24, 2.45) is 10.9 Å². The van der Waals surface area contributed by atoms with Gasteiger partial charge >= 0.3 is 6.09 Å². The summed E-state index contributed by atoms with van der Waals surface area (Å²) in [7, 11) is 0. The van der Waals surface area contributed by atoms with Crippen molar-refractivity contribution in [3.8, 4) is 0 Å². The average Bonchev–Trinajstić information content (AvgIpc) is 2.70. The topological polar surface area (TPSA) is 84.4 Å². The van der Waals surface area contributed by atoms with Crippen LogP contribution < -0.4 is 10.6 Å². The van der Waals surface area contributed by atoms with Crippen LogP contribution in [-0.2, 0) is 14.2 Å². The molecule has 0 saturated carbocycles. The summed E-state index contributed by atoms with van der Waals surface area (Å²) in [5.74, 6) is 1.44. The first-order valence-corrected chi connectivity index (χ1v) is 11.6. The largest absolute Gasteiger partial charge is 0.444 e. The van der Waals surface area contributed by atoms with Crippen molar-refractivity contribution in [3.05, 3.63) is 0 Å². The number of nitrogens with one attached hydrogen (secondary N) is 2. The van der Waals surface area contributed by atoms with Crippen molar-refractivity contribution < 1.29 is 19.0 Å². The lowest BCUT2D eigenvalue weighted by Crippen LogP contribution is -2.53. The van der Waals surface area contributed by atoms with E-state index in [1.807, 2.05) is 20.8 Å². The van der Waals surface area contributed by atoms with Gasteiger partial charge in [0.15, 0.2) is 5.96 Å². The molecule has 8 heteroatoms. The summed E-state index contributed by atoms with van der Waals surface area (Å²) in [5.41, 5.74) is -0.472. The van der Waals surface area contributed by atoms with Gasteiger partial charge < -0.3 is 29.7 Å². The molecule has 2 rings (SSSR count). The highest BCUT2D eigenvalue weighted by molar-refractivity contribution is 5.80. The summed E-state index contributed by atoms with van der Waals surface area (Å²) in [6, 6.07) is 0.175. The van der Waals surface area contributed by atoms with Crippen LogP contribution in [0.15, 0.2) is 4.99 Å². The number of guanidine groups is 1. The minimum Gasteiger partial charge on any atom is -0.444 e. The number of amides is 1. The number of hydrogen-bond acceptors (Lipinski definition) is 5. The molecule has 30 heavy (non-hydrogen) atoms. The third kappa shape index (κ3) is 9.98. The van der Waals surface area contributed by atoms with Gasteiger partial charge in [-0.1, -0.05) is 0 Å². The van der Waals surface area contributed by atoms with Crippen LogP contribution in [0.2, 0.25) is 0 Å². The van der Waals surface area contributed by atoms with Gasteiger partial charge in [-0.2, -0.15) is 0 Å². The molecule has 2 N–H and O–H groups in total. The van der Waals surface area contributed by atoms with E-state index >= 15 is 0 Å². The molecule has 0 bridgehead atoms. The van der Waals surface area contributed by atoms with Gasteiger partial charge in [-0.05, 0) is 65.7 Å². The Bertz CT molecular complexity index is 530. The van der Waals surface area contributed by atoms with Crippen molar-refractivity contribution >= 4 is 12.1 Å². The minimum absolute atomic E-state index is 0.175. The van der Waals surface area contributed by atoms with E-state index in [4.69, 9.17) is 14.2 Å². The maximum Gasteiger partial charge on any atom is 0.410 e. The van der Waals surface area contributed by atoms with Crippen LogP contribution in [0.25, 0.3) is 0 Å². The van der Waals surface area contributed by atoms with Crippen LogP contribution in [-0.4, -0.2) is 81.2 Å². The van der Waals surface area contributed by atoms with E-state index in [2.05, 4.69) is 22.5 Å². The van der Waals surface area contributed by atoms with E-state index in [0.29, 0.717) is 19.0 Å². The number of piperidine rings is 1. The number of rotatable bonds is 8. The second-order valence-corrected chi connectivity index (χ2v) is 9.15. The Morgan fingerprint density at radius 1 is 1.23 bits per heavy atom. The quantitative estimate of drug-likeness (QED) is 0.353. The lowest BCUT2D eigenvalue weighted by molar-refractivity contribution is 0.0193. The highest BCUT2D eigenvalue weighted by atomic mass is 16.6. The number of aliphatic imine (C=N–C) groups is 1.